The lowest BCUT2D eigenvalue weighted by Crippen LogP contribution is -2.39. The quantitative estimate of drug-likeness (QED) is 0.864. The first kappa shape index (κ1) is 16.2. The van der Waals surface area contributed by atoms with E-state index in [0.717, 1.165) is 37.2 Å². The van der Waals surface area contributed by atoms with Gasteiger partial charge in [0, 0.05) is 43.0 Å². The summed E-state index contributed by atoms with van der Waals surface area (Å²) in [5, 5.41) is 5.44. The van der Waals surface area contributed by atoms with Crippen molar-refractivity contribution >= 4 is 17.2 Å². The summed E-state index contributed by atoms with van der Waals surface area (Å²) in [5.74, 6) is 0.630. The summed E-state index contributed by atoms with van der Waals surface area (Å²) in [6.45, 7) is 8.53. The summed E-state index contributed by atoms with van der Waals surface area (Å²) in [7, 11) is 0. The number of rotatable bonds is 4. The van der Waals surface area contributed by atoms with Crippen molar-refractivity contribution in [3.8, 4) is 0 Å². The molecule has 2 aromatic rings. The van der Waals surface area contributed by atoms with Crippen molar-refractivity contribution in [3.63, 3.8) is 0 Å². The number of amides is 1. The maximum absolute atomic E-state index is 12.5. The van der Waals surface area contributed by atoms with E-state index in [-0.39, 0.29) is 5.91 Å². The summed E-state index contributed by atoms with van der Waals surface area (Å²) in [6.07, 6.45) is 6.52. The van der Waals surface area contributed by atoms with Crippen LogP contribution in [0.5, 0.6) is 0 Å². The highest BCUT2D eigenvalue weighted by Crippen LogP contribution is 2.31. The fourth-order valence-electron chi connectivity index (χ4n) is 3.03. The van der Waals surface area contributed by atoms with Crippen LogP contribution in [0.3, 0.4) is 0 Å². The van der Waals surface area contributed by atoms with Crippen molar-refractivity contribution in [1.29, 1.82) is 0 Å². The SMILES string of the molecule is Cc1cnn(CCC(=O)N2CCC[C@H](c3nc(C)c(C)s3)C2)c1. The Labute approximate surface area is 141 Å². The molecule has 1 fully saturated rings. The van der Waals surface area contributed by atoms with Crippen molar-refractivity contribution in [3.05, 3.63) is 33.5 Å². The van der Waals surface area contributed by atoms with Gasteiger partial charge in [0.2, 0.25) is 5.91 Å². The molecule has 0 aromatic carbocycles. The molecule has 1 aliphatic rings. The van der Waals surface area contributed by atoms with Crippen molar-refractivity contribution in [2.75, 3.05) is 13.1 Å². The topological polar surface area (TPSA) is 51.0 Å². The van der Waals surface area contributed by atoms with Crippen LogP contribution in [-0.2, 0) is 11.3 Å². The highest BCUT2D eigenvalue weighted by Gasteiger charge is 2.26. The van der Waals surface area contributed by atoms with Crippen LogP contribution < -0.4 is 0 Å². The van der Waals surface area contributed by atoms with Crippen molar-refractivity contribution in [2.45, 2.75) is 52.5 Å². The molecule has 0 N–H and O–H groups in total. The molecule has 3 heterocycles. The molecular weight excluding hydrogens is 308 g/mol. The molecule has 5 nitrogen and oxygen atoms in total. The number of aryl methyl sites for hydroxylation is 4. The van der Waals surface area contributed by atoms with Crippen LogP contribution in [0.15, 0.2) is 12.4 Å². The second-order valence-corrected chi connectivity index (χ2v) is 7.64. The molecule has 1 aliphatic heterocycles. The van der Waals surface area contributed by atoms with Gasteiger partial charge in [0.1, 0.15) is 0 Å². The van der Waals surface area contributed by atoms with Gasteiger partial charge < -0.3 is 4.90 Å². The molecule has 1 atom stereocenters. The third-order valence-electron chi connectivity index (χ3n) is 4.49. The third kappa shape index (κ3) is 3.80. The predicted molar refractivity (Wildman–Crippen MR) is 91.7 cm³/mol. The molecule has 23 heavy (non-hydrogen) atoms. The summed E-state index contributed by atoms with van der Waals surface area (Å²) in [4.78, 5) is 20.5. The minimum absolute atomic E-state index is 0.229. The zero-order valence-electron chi connectivity index (χ0n) is 14.1. The molecule has 0 saturated carbocycles. The van der Waals surface area contributed by atoms with E-state index in [1.54, 1.807) is 11.3 Å². The molecule has 0 unspecified atom stereocenters. The van der Waals surface area contributed by atoms with Crippen LogP contribution in [0.1, 0.15) is 46.3 Å². The lowest BCUT2D eigenvalue weighted by Gasteiger charge is -2.32. The molecular formula is C17H24N4OS. The van der Waals surface area contributed by atoms with Gasteiger partial charge in [0.25, 0.3) is 0 Å². The Morgan fingerprint density at radius 3 is 2.87 bits per heavy atom. The number of piperidine rings is 1. The van der Waals surface area contributed by atoms with Crippen molar-refractivity contribution in [1.82, 2.24) is 19.7 Å². The smallest absolute Gasteiger partial charge is 0.224 e. The normalized spacial score (nSPS) is 18.4. The number of hydrogen-bond acceptors (Lipinski definition) is 4. The van der Waals surface area contributed by atoms with E-state index in [2.05, 4.69) is 18.9 Å². The first-order chi connectivity index (χ1) is 11.0. The average molecular weight is 332 g/mol. The number of nitrogens with zero attached hydrogens (tertiary/aromatic N) is 4. The van der Waals surface area contributed by atoms with Crippen molar-refractivity contribution < 1.29 is 4.79 Å². The minimum atomic E-state index is 0.229. The highest BCUT2D eigenvalue weighted by molar-refractivity contribution is 7.11. The molecule has 2 aromatic heterocycles. The standard InChI is InChI=1S/C17H24N4OS/c1-12-9-18-21(10-12)8-6-16(22)20-7-4-5-15(11-20)17-19-13(2)14(3)23-17/h9-10,15H,4-8,11H2,1-3H3/t15-/m0/s1. The second kappa shape index (κ2) is 6.83. The van der Waals surface area contributed by atoms with Crippen LogP contribution in [0.2, 0.25) is 0 Å². The lowest BCUT2D eigenvalue weighted by atomic mass is 9.98. The van der Waals surface area contributed by atoms with Crippen LogP contribution >= 0.6 is 11.3 Å². The van der Waals surface area contributed by atoms with Gasteiger partial charge in [0.15, 0.2) is 0 Å². The van der Waals surface area contributed by atoms with E-state index < -0.39 is 0 Å². The van der Waals surface area contributed by atoms with E-state index >= 15 is 0 Å². The Hall–Kier alpha value is -1.69. The Kier molecular flexibility index (Phi) is 4.80. The average Bonchev–Trinajstić information content (AvgIpc) is 3.11. The number of carbonyl (C=O) groups excluding carboxylic acids is 1. The number of thiazole rings is 1. The van der Waals surface area contributed by atoms with E-state index in [1.165, 1.54) is 9.88 Å². The van der Waals surface area contributed by atoms with Gasteiger partial charge >= 0.3 is 0 Å². The fourth-order valence-corrected chi connectivity index (χ4v) is 4.08. The largest absolute Gasteiger partial charge is 0.342 e. The number of likely N-dealkylation sites (tertiary alicyclic amines) is 1. The van der Waals surface area contributed by atoms with E-state index in [0.29, 0.717) is 18.9 Å². The van der Waals surface area contributed by atoms with Gasteiger partial charge in [-0.1, -0.05) is 0 Å². The Morgan fingerprint density at radius 2 is 2.22 bits per heavy atom. The number of carbonyl (C=O) groups is 1. The van der Waals surface area contributed by atoms with Crippen molar-refractivity contribution in [2.24, 2.45) is 0 Å². The maximum atomic E-state index is 12.5. The molecule has 0 spiro atoms. The molecule has 3 rings (SSSR count). The minimum Gasteiger partial charge on any atom is -0.342 e. The van der Waals surface area contributed by atoms with Crippen LogP contribution in [-0.4, -0.2) is 38.7 Å². The molecule has 124 valence electrons. The fraction of sp³-hybridized carbons (Fsp3) is 0.588. The summed E-state index contributed by atoms with van der Waals surface area (Å²) >= 11 is 1.78. The molecule has 1 amide bonds. The summed E-state index contributed by atoms with van der Waals surface area (Å²) in [5.41, 5.74) is 2.26. The first-order valence-corrected chi connectivity index (χ1v) is 9.05. The van der Waals surface area contributed by atoms with Gasteiger partial charge in [0.05, 0.1) is 16.9 Å². The number of aromatic nitrogens is 3. The summed E-state index contributed by atoms with van der Waals surface area (Å²) in [6, 6.07) is 0. The molecule has 6 heteroatoms. The van der Waals surface area contributed by atoms with Crippen LogP contribution in [0.25, 0.3) is 0 Å². The second-order valence-electron chi connectivity index (χ2n) is 6.40. The zero-order chi connectivity index (χ0) is 16.4. The first-order valence-electron chi connectivity index (χ1n) is 8.23. The highest BCUT2D eigenvalue weighted by atomic mass is 32.1. The van der Waals surface area contributed by atoms with Gasteiger partial charge in [-0.25, -0.2) is 4.98 Å². The molecule has 0 bridgehead atoms. The summed E-state index contributed by atoms with van der Waals surface area (Å²) < 4.78 is 1.85. The Balaban J connectivity index is 1.58. The van der Waals surface area contributed by atoms with Gasteiger partial charge in [-0.2, -0.15) is 5.10 Å². The molecule has 0 aliphatic carbocycles. The zero-order valence-corrected chi connectivity index (χ0v) is 14.9. The monoisotopic (exact) mass is 332 g/mol. The van der Waals surface area contributed by atoms with E-state index in [9.17, 15) is 4.79 Å². The van der Waals surface area contributed by atoms with Gasteiger partial charge in [-0.05, 0) is 39.2 Å². The van der Waals surface area contributed by atoms with E-state index in [1.807, 2.05) is 28.9 Å². The lowest BCUT2D eigenvalue weighted by molar-refractivity contribution is -0.132. The maximum Gasteiger partial charge on any atom is 0.224 e. The number of hydrogen-bond donors (Lipinski definition) is 0. The van der Waals surface area contributed by atoms with Gasteiger partial charge in [-0.15, -0.1) is 11.3 Å². The molecule has 0 radical (unpaired) electrons. The van der Waals surface area contributed by atoms with E-state index in [4.69, 9.17) is 4.98 Å². The van der Waals surface area contributed by atoms with Crippen LogP contribution in [0, 0.1) is 20.8 Å². The van der Waals surface area contributed by atoms with Gasteiger partial charge in [-0.3, -0.25) is 9.48 Å². The van der Waals surface area contributed by atoms with Crippen LogP contribution in [0.4, 0.5) is 0 Å². The Bertz CT molecular complexity index is 671. The third-order valence-corrected chi connectivity index (χ3v) is 5.72. The molecule has 1 saturated heterocycles. The predicted octanol–water partition coefficient (Wildman–Crippen LogP) is 3.06. The Morgan fingerprint density at radius 1 is 1.39 bits per heavy atom.